The monoisotopic (exact) mass is 479 g/mol. The number of nitrogens with zero attached hydrogens (tertiary/aromatic N) is 3. The topological polar surface area (TPSA) is 59.2 Å². The number of piperidine rings is 1. The van der Waals surface area contributed by atoms with Crippen LogP contribution in [0.15, 0.2) is 57.5 Å². The molecule has 2 heterocycles. The summed E-state index contributed by atoms with van der Waals surface area (Å²) in [6, 6.07) is 11.4. The summed E-state index contributed by atoms with van der Waals surface area (Å²) in [7, 11) is 0. The van der Waals surface area contributed by atoms with Crippen molar-refractivity contribution >= 4 is 21.8 Å². The molecule has 1 fully saturated rings. The van der Waals surface area contributed by atoms with Crippen LogP contribution in [0.4, 0.5) is 13.2 Å². The van der Waals surface area contributed by atoms with Gasteiger partial charge in [-0.25, -0.2) is 0 Å². The molecule has 1 aliphatic rings. The van der Waals surface area contributed by atoms with E-state index in [1.165, 1.54) is 17.0 Å². The zero-order chi connectivity index (χ0) is 21.3. The van der Waals surface area contributed by atoms with Crippen molar-refractivity contribution in [3.63, 3.8) is 0 Å². The van der Waals surface area contributed by atoms with Crippen LogP contribution in [-0.4, -0.2) is 27.5 Å². The van der Waals surface area contributed by atoms with Gasteiger partial charge in [-0.2, -0.15) is 18.2 Å². The Labute approximate surface area is 179 Å². The zero-order valence-electron chi connectivity index (χ0n) is 15.7. The molecule has 0 aliphatic carbocycles. The molecule has 156 valence electrons. The van der Waals surface area contributed by atoms with E-state index in [-0.39, 0.29) is 11.5 Å². The molecule has 0 saturated carbocycles. The summed E-state index contributed by atoms with van der Waals surface area (Å²) in [5, 5.41) is 4.02. The summed E-state index contributed by atoms with van der Waals surface area (Å²) in [6.07, 6.45) is -2.29. The highest BCUT2D eigenvalue weighted by molar-refractivity contribution is 9.10. The van der Waals surface area contributed by atoms with E-state index in [1.807, 2.05) is 24.3 Å². The Hall–Kier alpha value is -2.68. The maximum atomic E-state index is 13.0. The first-order valence-electron chi connectivity index (χ1n) is 9.41. The lowest BCUT2D eigenvalue weighted by Crippen LogP contribution is -2.38. The molecule has 0 radical (unpaired) electrons. The predicted octanol–water partition coefficient (Wildman–Crippen LogP) is 5.89. The van der Waals surface area contributed by atoms with Gasteiger partial charge in [-0.15, -0.1) is 0 Å². The zero-order valence-corrected chi connectivity index (χ0v) is 17.3. The normalized spacial score (nSPS) is 17.2. The Bertz CT molecular complexity index is 1050. The van der Waals surface area contributed by atoms with Crippen LogP contribution in [0.5, 0.6) is 0 Å². The first-order valence-corrected chi connectivity index (χ1v) is 10.2. The maximum absolute atomic E-state index is 13.0. The van der Waals surface area contributed by atoms with Crippen molar-refractivity contribution in [3.8, 4) is 11.4 Å². The first-order chi connectivity index (χ1) is 14.3. The van der Waals surface area contributed by atoms with Crippen LogP contribution >= 0.6 is 15.9 Å². The average molecular weight is 480 g/mol. The quantitative estimate of drug-likeness (QED) is 0.470. The van der Waals surface area contributed by atoms with Gasteiger partial charge in [0.2, 0.25) is 11.7 Å². The van der Waals surface area contributed by atoms with Crippen molar-refractivity contribution in [2.75, 3.05) is 6.54 Å². The Morgan fingerprint density at radius 1 is 1.13 bits per heavy atom. The number of carbonyl (C=O) groups excluding carboxylic acids is 1. The van der Waals surface area contributed by atoms with Gasteiger partial charge in [-0.05, 0) is 61.7 Å². The lowest BCUT2D eigenvalue weighted by atomic mass is 10.00. The van der Waals surface area contributed by atoms with E-state index < -0.39 is 23.7 Å². The molecule has 1 aromatic heterocycles. The highest BCUT2D eigenvalue weighted by Gasteiger charge is 2.35. The van der Waals surface area contributed by atoms with Gasteiger partial charge in [0, 0.05) is 22.1 Å². The molecule has 1 atom stereocenters. The van der Waals surface area contributed by atoms with E-state index in [0.717, 1.165) is 35.0 Å². The molecule has 30 heavy (non-hydrogen) atoms. The molecule has 0 N–H and O–H groups in total. The van der Waals surface area contributed by atoms with Crippen LogP contribution in [0, 0.1) is 0 Å². The van der Waals surface area contributed by atoms with Crippen molar-refractivity contribution < 1.29 is 22.5 Å². The number of aromatic nitrogens is 2. The second-order valence-corrected chi connectivity index (χ2v) is 7.97. The Morgan fingerprint density at radius 3 is 2.63 bits per heavy atom. The van der Waals surface area contributed by atoms with Gasteiger partial charge in [0.25, 0.3) is 5.91 Å². The number of hydrogen-bond acceptors (Lipinski definition) is 4. The Kier molecular flexibility index (Phi) is 5.64. The van der Waals surface area contributed by atoms with Crippen LogP contribution < -0.4 is 0 Å². The summed E-state index contributed by atoms with van der Waals surface area (Å²) >= 11 is 3.37. The summed E-state index contributed by atoms with van der Waals surface area (Å²) in [5.41, 5.74) is -0.0960. The Morgan fingerprint density at radius 2 is 1.90 bits per heavy atom. The third kappa shape index (κ3) is 4.26. The minimum Gasteiger partial charge on any atom is -0.337 e. The molecule has 0 spiro atoms. The molecule has 9 heteroatoms. The number of benzene rings is 2. The fourth-order valence-electron chi connectivity index (χ4n) is 3.51. The van der Waals surface area contributed by atoms with Gasteiger partial charge in [-0.1, -0.05) is 27.2 Å². The molecule has 1 aliphatic heterocycles. The van der Waals surface area contributed by atoms with E-state index >= 15 is 0 Å². The molecule has 1 saturated heterocycles. The number of hydrogen-bond donors (Lipinski definition) is 0. The molecule has 1 amide bonds. The minimum atomic E-state index is -4.51. The highest BCUT2D eigenvalue weighted by Crippen LogP contribution is 2.34. The van der Waals surface area contributed by atoms with E-state index in [2.05, 4.69) is 26.1 Å². The smallest absolute Gasteiger partial charge is 0.337 e. The van der Waals surface area contributed by atoms with Gasteiger partial charge in [0.1, 0.15) is 6.04 Å². The molecule has 1 unspecified atom stereocenters. The SMILES string of the molecule is O=C(c1cccc(C(F)(F)F)c1)N1CCCCC1c1nc(-c2ccc(Br)cc2)no1. The van der Waals surface area contributed by atoms with Gasteiger partial charge in [0.15, 0.2) is 0 Å². The van der Waals surface area contributed by atoms with Gasteiger partial charge in [0.05, 0.1) is 5.56 Å². The number of alkyl halides is 3. The second kappa shape index (κ2) is 8.22. The van der Waals surface area contributed by atoms with E-state index in [1.54, 1.807) is 0 Å². The van der Waals surface area contributed by atoms with Crippen LogP contribution in [0.2, 0.25) is 0 Å². The van der Waals surface area contributed by atoms with Crippen molar-refractivity contribution in [2.45, 2.75) is 31.5 Å². The Balaban J connectivity index is 1.61. The van der Waals surface area contributed by atoms with Crippen LogP contribution in [-0.2, 0) is 6.18 Å². The second-order valence-electron chi connectivity index (χ2n) is 7.05. The van der Waals surface area contributed by atoms with Crippen molar-refractivity contribution in [1.29, 1.82) is 0 Å². The standard InChI is InChI=1S/C21H17BrF3N3O2/c22-16-9-7-13(8-10-16)18-26-19(30-27-18)17-6-1-2-11-28(17)20(29)14-4-3-5-15(12-14)21(23,24)25/h3-5,7-10,12,17H,1-2,6,11H2. The third-order valence-electron chi connectivity index (χ3n) is 5.03. The van der Waals surface area contributed by atoms with Gasteiger partial charge in [-0.3, -0.25) is 4.79 Å². The summed E-state index contributed by atoms with van der Waals surface area (Å²) in [5.74, 6) is 0.205. The molecule has 0 bridgehead atoms. The summed E-state index contributed by atoms with van der Waals surface area (Å²) in [6.45, 7) is 0.412. The van der Waals surface area contributed by atoms with Gasteiger partial charge < -0.3 is 9.42 Å². The number of rotatable bonds is 3. The van der Waals surface area contributed by atoms with Crippen molar-refractivity contribution in [1.82, 2.24) is 15.0 Å². The molecule has 3 aromatic rings. The lowest BCUT2D eigenvalue weighted by molar-refractivity contribution is -0.137. The number of likely N-dealkylation sites (tertiary alicyclic amines) is 1. The largest absolute Gasteiger partial charge is 0.416 e. The lowest BCUT2D eigenvalue weighted by Gasteiger charge is -2.33. The average Bonchev–Trinajstić information content (AvgIpc) is 3.23. The molecule has 4 rings (SSSR count). The predicted molar refractivity (Wildman–Crippen MR) is 107 cm³/mol. The third-order valence-corrected chi connectivity index (χ3v) is 5.56. The number of halogens is 4. The van der Waals surface area contributed by atoms with Crippen LogP contribution in [0.25, 0.3) is 11.4 Å². The van der Waals surface area contributed by atoms with Crippen LogP contribution in [0.3, 0.4) is 0 Å². The first kappa shape index (κ1) is 20.6. The molecule has 5 nitrogen and oxygen atoms in total. The number of amides is 1. The summed E-state index contributed by atoms with van der Waals surface area (Å²) in [4.78, 5) is 19.0. The maximum Gasteiger partial charge on any atom is 0.416 e. The fourth-order valence-corrected chi connectivity index (χ4v) is 3.78. The van der Waals surface area contributed by atoms with E-state index in [0.29, 0.717) is 18.8 Å². The fraction of sp³-hybridized carbons (Fsp3) is 0.286. The van der Waals surface area contributed by atoms with Crippen molar-refractivity contribution in [3.05, 3.63) is 70.0 Å². The molecule has 2 aromatic carbocycles. The minimum absolute atomic E-state index is 0.00984. The van der Waals surface area contributed by atoms with Gasteiger partial charge >= 0.3 is 6.18 Å². The van der Waals surface area contributed by atoms with Crippen LogP contribution in [0.1, 0.15) is 47.1 Å². The summed E-state index contributed by atoms with van der Waals surface area (Å²) < 4.78 is 45.5. The molecular weight excluding hydrogens is 463 g/mol. The highest BCUT2D eigenvalue weighted by atomic mass is 79.9. The van der Waals surface area contributed by atoms with E-state index in [9.17, 15) is 18.0 Å². The number of carbonyl (C=O) groups is 1. The molecular formula is C21H17BrF3N3O2. The van der Waals surface area contributed by atoms with Crippen molar-refractivity contribution in [2.24, 2.45) is 0 Å². The van der Waals surface area contributed by atoms with E-state index in [4.69, 9.17) is 4.52 Å².